The summed E-state index contributed by atoms with van der Waals surface area (Å²) < 4.78 is 29.1. The Kier molecular flexibility index (Phi) is 12.4. The largest absolute Gasteiger partial charge is 0.495 e. The number of thiol groups is 1. The summed E-state index contributed by atoms with van der Waals surface area (Å²) in [4.78, 5) is 41.1. The Bertz CT molecular complexity index is 1610. The molecule has 268 valence electrons. The molecule has 0 spiro atoms. The van der Waals surface area contributed by atoms with Crippen LogP contribution < -0.4 is 15.0 Å². The highest BCUT2D eigenvalue weighted by molar-refractivity contribution is 7.79. The number of amides is 2. The zero-order valence-electron chi connectivity index (χ0n) is 29.2. The van der Waals surface area contributed by atoms with E-state index in [0.717, 1.165) is 11.1 Å². The highest BCUT2D eigenvalue weighted by atomic mass is 35.5. The molecule has 0 radical (unpaired) electrons. The van der Waals surface area contributed by atoms with Crippen molar-refractivity contribution in [2.75, 3.05) is 26.2 Å². The number of rotatable bonds is 6. The Labute approximate surface area is 298 Å². The van der Waals surface area contributed by atoms with Crippen molar-refractivity contribution < 1.29 is 42.9 Å². The molecule has 2 aliphatic heterocycles. The lowest BCUT2D eigenvalue weighted by atomic mass is 9.79. The van der Waals surface area contributed by atoms with E-state index in [2.05, 4.69) is 17.9 Å². The third-order valence-electron chi connectivity index (χ3n) is 9.47. The third-order valence-corrected chi connectivity index (χ3v) is 10.2. The summed E-state index contributed by atoms with van der Waals surface area (Å²) in [5, 5.41) is 14.8. The minimum absolute atomic E-state index is 0.0227. The summed E-state index contributed by atoms with van der Waals surface area (Å²) in [6, 6.07) is 6.76. The fraction of sp³-hybridized carbons (Fsp3) is 0.528. The Morgan fingerprint density at radius 1 is 1.22 bits per heavy atom. The molecule has 2 bridgehead atoms. The number of furan rings is 1. The number of nitrogens with one attached hydrogen (secondary N) is 1. The van der Waals surface area contributed by atoms with Crippen LogP contribution in [0.25, 0.3) is 0 Å². The molecule has 0 saturated carbocycles. The van der Waals surface area contributed by atoms with E-state index in [1.165, 1.54) is 32.1 Å². The molecule has 3 heterocycles. The number of ether oxygens (including phenoxy) is 4. The van der Waals surface area contributed by atoms with Gasteiger partial charge in [0.05, 0.1) is 25.3 Å². The Morgan fingerprint density at radius 3 is 2.55 bits per heavy atom. The van der Waals surface area contributed by atoms with Crippen LogP contribution in [0.15, 0.2) is 52.5 Å². The quantitative estimate of drug-likeness (QED) is 0.149. The van der Waals surface area contributed by atoms with E-state index in [9.17, 15) is 19.5 Å². The highest BCUT2D eigenvalue weighted by Gasteiger charge is 2.63. The van der Waals surface area contributed by atoms with Crippen molar-refractivity contribution in [3.63, 3.8) is 0 Å². The summed E-state index contributed by atoms with van der Waals surface area (Å²) in [5.41, 5.74) is -0.617. The molecule has 1 saturated heterocycles. The average molecular weight is 719 g/mol. The van der Waals surface area contributed by atoms with Gasteiger partial charge in [0.1, 0.15) is 34.3 Å². The minimum atomic E-state index is -1.76. The molecule has 7 atom stereocenters. The van der Waals surface area contributed by atoms with Gasteiger partial charge in [-0.15, -0.1) is 0 Å². The summed E-state index contributed by atoms with van der Waals surface area (Å²) >= 11 is 10.9. The zero-order chi connectivity index (χ0) is 36.3. The first kappa shape index (κ1) is 38.5. The number of epoxide rings is 1. The Balaban J connectivity index is 1.80. The van der Waals surface area contributed by atoms with Crippen molar-refractivity contribution in [1.82, 2.24) is 5.32 Å². The number of halogens is 1. The van der Waals surface area contributed by atoms with Crippen molar-refractivity contribution >= 4 is 47.7 Å². The first-order chi connectivity index (χ1) is 23.1. The molecule has 1 aromatic heterocycles. The maximum absolute atomic E-state index is 14.0. The molecule has 11 nitrogen and oxygen atoms in total. The van der Waals surface area contributed by atoms with Gasteiger partial charge in [0, 0.05) is 33.3 Å². The van der Waals surface area contributed by atoms with E-state index >= 15 is 0 Å². The average Bonchev–Trinajstić information content (AvgIpc) is 3.50. The number of carbonyl (C=O) groups excluding carboxylic acids is 3. The van der Waals surface area contributed by atoms with Crippen LogP contribution in [0.3, 0.4) is 0 Å². The molecule has 2 aromatic rings. The number of anilines is 1. The van der Waals surface area contributed by atoms with Gasteiger partial charge < -0.3 is 38.7 Å². The van der Waals surface area contributed by atoms with Crippen LogP contribution in [-0.2, 0) is 36.0 Å². The SMILES string of the molecule is COc1cc2cc(c1Cl)N(C)C(=O)CC(OC(=O)c1ccc(CS)o1)C1(C)OC1C(C)C(C)CC(O)(NC(C)=O)C(OC)/C=C/C=C(\C)C2. The number of benzene rings is 1. The number of methoxy groups -OCH3 is 2. The predicted molar refractivity (Wildman–Crippen MR) is 189 cm³/mol. The lowest BCUT2D eigenvalue weighted by molar-refractivity contribution is -0.141. The van der Waals surface area contributed by atoms with Crippen LogP contribution >= 0.6 is 24.2 Å². The van der Waals surface area contributed by atoms with Crippen molar-refractivity contribution in [1.29, 1.82) is 0 Å². The fourth-order valence-electron chi connectivity index (χ4n) is 6.46. The molecule has 2 amide bonds. The standard InChI is InChI=1S/C36H47ClN2O9S/c1-20-10-9-11-29(45-8)36(43,38-23(4)40)18-21(2)22(3)33-35(5,48-33)30(47-34(42)27-13-12-25(19-49)46-27)17-31(41)39(6)26-15-24(14-20)16-28(44-7)32(26)37/h9-13,15-16,21-22,29-30,33,43,49H,14,17-19H2,1-8H3,(H,38,40)/b11-9+,20-10+. The number of hydrogen-bond donors (Lipinski definition) is 3. The van der Waals surface area contributed by atoms with Crippen LogP contribution in [0.1, 0.15) is 69.3 Å². The van der Waals surface area contributed by atoms with E-state index < -0.39 is 41.5 Å². The van der Waals surface area contributed by atoms with Crippen molar-refractivity contribution in [3.8, 4) is 5.75 Å². The minimum Gasteiger partial charge on any atom is -0.495 e. The molecular weight excluding hydrogens is 672 g/mol. The van der Waals surface area contributed by atoms with Crippen molar-refractivity contribution in [3.05, 3.63) is 70.2 Å². The van der Waals surface area contributed by atoms with Gasteiger partial charge in [-0.1, -0.05) is 49.2 Å². The van der Waals surface area contributed by atoms with E-state index in [4.69, 9.17) is 35.0 Å². The molecule has 4 rings (SSSR count). The van der Waals surface area contributed by atoms with E-state index in [0.29, 0.717) is 29.4 Å². The van der Waals surface area contributed by atoms with E-state index in [1.807, 2.05) is 32.9 Å². The molecular formula is C36H47ClN2O9S. The van der Waals surface area contributed by atoms with E-state index in [-0.39, 0.29) is 41.4 Å². The lowest BCUT2D eigenvalue weighted by Crippen LogP contribution is -2.57. The summed E-state index contributed by atoms with van der Waals surface area (Å²) in [5.74, 6) is -0.847. The molecule has 1 fully saturated rings. The highest BCUT2D eigenvalue weighted by Crippen LogP contribution is 2.49. The third kappa shape index (κ3) is 8.72. The maximum atomic E-state index is 14.0. The summed E-state index contributed by atoms with van der Waals surface area (Å²) in [6.07, 6.45) is 3.35. The Hall–Kier alpha value is -3.29. The Morgan fingerprint density at radius 2 is 1.94 bits per heavy atom. The first-order valence-electron chi connectivity index (χ1n) is 16.2. The number of carbonyl (C=O) groups is 3. The van der Waals surface area contributed by atoms with Crippen LogP contribution in [0.4, 0.5) is 5.69 Å². The van der Waals surface area contributed by atoms with Gasteiger partial charge in [-0.05, 0) is 61.9 Å². The van der Waals surface area contributed by atoms with Crippen molar-refractivity contribution in [2.24, 2.45) is 11.8 Å². The normalized spacial score (nSPS) is 31.2. The van der Waals surface area contributed by atoms with E-state index in [1.54, 1.807) is 38.3 Å². The summed E-state index contributed by atoms with van der Waals surface area (Å²) in [7, 11) is 4.58. The molecule has 1 aromatic carbocycles. The lowest BCUT2D eigenvalue weighted by Gasteiger charge is -2.37. The smallest absolute Gasteiger partial charge is 0.374 e. The van der Waals surface area contributed by atoms with Gasteiger partial charge in [0.2, 0.25) is 17.6 Å². The second-order valence-corrected chi connectivity index (χ2v) is 13.9. The van der Waals surface area contributed by atoms with Gasteiger partial charge in [-0.2, -0.15) is 12.6 Å². The zero-order valence-corrected chi connectivity index (χ0v) is 30.9. The molecule has 49 heavy (non-hydrogen) atoms. The van der Waals surface area contributed by atoms with Crippen LogP contribution in [0, 0.1) is 11.8 Å². The number of allylic oxidation sites excluding steroid dienone is 3. The number of nitrogens with zero attached hydrogens (tertiary/aromatic N) is 1. The van der Waals surface area contributed by atoms with Gasteiger partial charge in [0.15, 0.2) is 5.72 Å². The second kappa shape index (κ2) is 15.7. The van der Waals surface area contributed by atoms with Crippen LogP contribution in [0.5, 0.6) is 5.75 Å². The maximum Gasteiger partial charge on any atom is 0.374 e. The molecule has 0 aliphatic carbocycles. The van der Waals surface area contributed by atoms with Gasteiger partial charge >= 0.3 is 5.97 Å². The first-order valence-corrected chi connectivity index (χ1v) is 17.2. The fourth-order valence-corrected chi connectivity index (χ4v) is 6.95. The predicted octanol–water partition coefficient (Wildman–Crippen LogP) is 5.67. The van der Waals surface area contributed by atoms with Gasteiger partial charge in [-0.25, -0.2) is 4.79 Å². The van der Waals surface area contributed by atoms with Gasteiger partial charge in [-0.3, -0.25) is 9.59 Å². The molecule has 2 N–H and O–H groups in total. The molecule has 13 heteroatoms. The number of aliphatic hydroxyl groups is 1. The molecule has 7 unspecified atom stereocenters. The number of hydrogen-bond acceptors (Lipinski definition) is 10. The van der Waals surface area contributed by atoms with Crippen molar-refractivity contribution in [2.45, 2.75) is 89.3 Å². The number of fused-ring (bicyclic) bond motifs is 3. The monoisotopic (exact) mass is 718 g/mol. The number of esters is 1. The van der Waals surface area contributed by atoms with Crippen LogP contribution in [-0.4, -0.2) is 73.8 Å². The van der Waals surface area contributed by atoms with Crippen LogP contribution in [0.2, 0.25) is 5.02 Å². The summed E-state index contributed by atoms with van der Waals surface area (Å²) in [6.45, 7) is 8.96. The topological polar surface area (TPSA) is 140 Å². The molecule has 2 aliphatic rings. The second-order valence-electron chi connectivity index (χ2n) is 13.2. The van der Waals surface area contributed by atoms with Gasteiger partial charge in [0.25, 0.3) is 0 Å².